The first kappa shape index (κ1) is 21.9. The summed E-state index contributed by atoms with van der Waals surface area (Å²) in [5, 5.41) is 79.9. The van der Waals surface area contributed by atoms with Crippen molar-refractivity contribution in [3.8, 4) is 34.3 Å². The molecule has 11 heteroatoms. The van der Waals surface area contributed by atoms with E-state index in [1.807, 2.05) is 0 Å². The van der Waals surface area contributed by atoms with E-state index in [4.69, 9.17) is 9.15 Å². The highest BCUT2D eigenvalue weighted by atomic mass is 16.5. The Morgan fingerprint density at radius 3 is 2.09 bits per heavy atom. The van der Waals surface area contributed by atoms with Crippen LogP contribution in [0.1, 0.15) is 11.7 Å². The number of benzene rings is 2. The molecule has 32 heavy (non-hydrogen) atoms. The molecule has 2 aromatic carbocycles. The van der Waals surface area contributed by atoms with Gasteiger partial charge in [-0.1, -0.05) is 0 Å². The molecule has 1 saturated heterocycles. The minimum atomic E-state index is -1.80. The van der Waals surface area contributed by atoms with E-state index in [2.05, 4.69) is 0 Å². The van der Waals surface area contributed by atoms with Crippen LogP contribution in [0.4, 0.5) is 0 Å². The minimum absolute atomic E-state index is 0.0871. The highest BCUT2D eigenvalue weighted by Gasteiger charge is 2.46. The molecule has 0 radical (unpaired) electrons. The van der Waals surface area contributed by atoms with E-state index < -0.39 is 59.6 Å². The summed E-state index contributed by atoms with van der Waals surface area (Å²) in [5.41, 5.74) is -1.40. The van der Waals surface area contributed by atoms with Crippen molar-refractivity contribution in [2.45, 2.75) is 30.5 Å². The zero-order valence-corrected chi connectivity index (χ0v) is 16.3. The van der Waals surface area contributed by atoms with Gasteiger partial charge in [0.15, 0.2) is 11.0 Å². The maximum absolute atomic E-state index is 12.8. The normalized spacial score (nSPS) is 25.8. The van der Waals surface area contributed by atoms with Gasteiger partial charge in [-0.15, -0.1) is 0 Å². The molecule has 0 bridgehead atoms. The van der Waals surface area contributed by atoms with Gasteiger partial charge in [-0.2, -0.15) is 0 Å². The van der Waals surface area contributed by atoms with Crippen molar-refractivity contribution in [2.24, 2.45) is 0 Å². The van der Waals surface area contributed by atoms with Gasteiger partial charge in [0.1, 0.15) is 64.7 Å². The first-order valence-electron chi connectivity index (χ1n) is 9.49. The molecule has 1 fully saturated rings. The Kier molecular flexibility index (Phi) is 5.44. The Bertz CT molecular complexity index is 1210. The Labute approximate surface area is 179 Å². The summed E-state index contributed by atoms with van der Waals surface area (Å²) in [6, 6.07) is 5.26. The van der Waals surface area contributed by atoms with Crippen LogP contribution in [-0.4, -0.2) is 71.9 Å². The number of ether oxygens (including phenoxy) is 1. The molecular formula is C21H20O11. The molecule has 0 aliphatic carbocycles. The molecule has 8 N–H and O–H groups in total. The summed E-state index contributed by atoms with van der Waals surface area (Å²) in [6.07, 6.45) is -8.10. The molecular weight excluding hydrogens is 428 g/mol. The van der Waals surface area contributed by atoms with Crippen molar-refractivity contribution in [3.05, 3.63) is 46.1 Å². The maximum Gasteiger partial charge on any atom is 0.197 e. The predicted molar refractivity (Wildman–Crippen MR) is 107 cm³/mol. The maximum atomic E-state index is 12.8. The van der Waals surface area contributed by atoms with Crippen molar-refractivity contribution in [1.82, 2.24) is 0 Å². The van der Waals surface area contributed by atoms with Crippen LogP contribution in [0.5, 0.6) is 23.0 Å². The summed E-state index contributed by atoms with van der Waals surface area (Å²) in [6.45, 7) is -0.726. The number of hydrogen-bond donors (Lipinski definition) is 8. The van der Waals surface area contributed by atoms with Gasteiger partial charge < -0.3 is 50.0 Å². The van der Waals surface area contributed by atoms with Crippen LogP contribution in [0.15, 0.2) is 39.5 Å². The molecule has 2 heterocycles. The van der Waals surface area contributed by atoms with Gasteiger partial charge in [0, 0.05) is 23.8 Å². The first-order valence-corrected chi connectivity index (χ1v) is 9.49. The van der Waals surface area contributed by atoms with Gasteiger partial charge in [-0.05, 0) is 12.1 Å². The smallest absolute Gasteiger partial charge is 0.197 e. The Morgan fingerprint density at radius 1 is 0.812 bits per heavy atom. The van der Waals surface area contributed by atoms with Crippen LogP contribution in [0.2, 0.25) is 0 Å². The van der Waals surface area contributed by atoms with Crippen LogP contribution in [0.25, 0.3) is 22.3 Å². The standard InChI is InChI=1S/C21H20O11/c22-6-14-17(28)18(29)19(30)21(32-14)16-11(26)4-10(25)15-12(27)5-13(31-20(15)16)7-1-8(23)3-9(24)2-7/h1-5,14,17-19,21-26,28-30H,6H2/t14-,17-,18+,19?,21+/m1/s1. The average Bonchev–Trinajstić information content (AvgIpc) is 2.72. The van der Waals surface area contributed by atoms with Crippen molar-refractivity contribution >= 4 is 11.0 Å². The second kappa shape index (κ2) is 7.97. The summed E-state index contributed by atoms with van der Waals surface area (Å²) in [4.78, 5) is 12.8. The highest BCUT2D eigenvalue weighted by molar-refractivity contribution is 5.89. The molecule has 1 unspecified atom stereocenters. The first-order chi connectivity index (χ1) is 15.1. The molecule has 0 amide bonds. The fraction of sp³-hybridized carbons (Fsp3) is 0.286. The van der Waals surface area contributed by atoms with Crippen LogP contribution in [0.3, 0.4) is 0 Å². The van der Waals surface area contributed by atoms with Crippen LogP contribution >= 0.6 is 0 Å². The van der Waals surface area contributed by atoms with Crippen molar-refractivity contribution < 1.29 is 50.0 Å². The van der Waals surface area contributed by atoms with Crippen LogP contribution in [-0.2, 0) is 4.74 Å². The van der Waals surface area contributed by atoms with Gasteiger partial charge in [0.25, 0.3) is 0 Å². The third-order valence-electron chi connectivity index (χ3n) is 5.36. The topological polar surface area (TPSA) is 201 Å². The lowest BCUT2D eigenvalue weighted by Crippen LogP contribution is -2.55. The van der Waals surface area contributed by atoms with E-state index in [1.54, 1.807) is 0 Å². The fourth-order valence-corrected chi connectivity index (χ4v) is 3.82. The van der Waals surface area contributed by atoms with E-state index in [9.17, 15) is 45.6 Å². The van der Waals surface area contributed by atoms with Crippen molar-refractivity contribution in [1.29, 1.82) is 0 Å². The molecule has 170 valence electrons. The zero-order chi connectivity index (χ0) is 23.3. The van der Waals surface area contributed by atoms with E-state index in [0.717, 1.165) is 18.2 Å². The number of rotatable bonds is 3. The van der Waals surface area contributed by atoms with E-state index in [0.29, 0.717) is 0 Å². The fourth-order valence-electron chi connectivity index (χ4n) is 3.82. The number of aromatic hydroxyl groups is 4. The number of aliphatic hydroxyl groups excluding tert-OH is 4. The summed E-state index contributed by atoms with van der Waals surface area (Å²) in [5.74, 6) is -2.10. The minimum Gasteiger partial charge on any atom is -0.508 e. The monoisotopic (exact) mass is 448 g/mol. The molecule has 5 atom stereocenters. The molecule has 3 aromatic rings. The van der Waals surface area contributed by atoms with Gasteiger partial charge >= 0.3 is 0 Å². The Hall–Kier alpha value is -3.35. The second-order valence-corrected chi connectivity index (χ2v) is 7.50. The van der Waals surface area contributed by atoms with Crippen LogP contribution < -0.4 is 5.43 Å². The largest absolute Gasteiger partial charge is 0.508 e. The predicted octanol–water partition coefficient (Wildman–Crippen LogP) is -0.203. The molecule has 11 nitrogen and oxygen atoms in total. The summed E-state index contributed by atoms with van der Waals surface area (Å²) in [7, 11) is 0. The van der Waals surface area contributed by atoms with E-state index in [-0.39, 0.29) is 33.8 Å². The lowest BCUT2D eigenvalue weighted by atomic mass is 9.89. The number of aliphatic hydroxyl groups is 4. The molecule has 0 spiro atoms. The summed E-state index contributed by atoms with van der Waals surface area (Å²) < 4.78 is 11.2. The second-order valence-electron chi connectivity index (χ2n) is 7.50. The number of phenols is 4. The SMILES string of the molecule is O=c1cc(-c2cc(O)cc(O)c2)oc2c([C@@H]3O[C@H](CO)[C@@H](O)[C@H](O)C3O)c(O)cc(O)c12. The van der Waals surface area contributed by atoms with Crippen molar-refractivity contribution in [2.75, 3.05) is 6.61 Å². The Morgan fingerprint density at radius 2 is 1.47 bits per heavy atom. The van der Waals surface area contributed by atoms with Gasteiger partial charge in [0.2, 0.25) is 0 Å². The van der Waals surface area contributed by atoms with Gasteiger partial charge in [-0.3, -0.25) is 4.79 Å². The van der Waals surface area contributed by atoms with Gasteiger partial charge in [0.05, 0.1) is 12.2 Å². The van der Waals surface area contributed by atoms with E-state index in [1.165, 1.54) is 12.1 Å². The van der Waals surface area contributed by atoms with E-state index >= 15 is 0 Å². The molecule has 1 aliphatic heterocycles. The lowest BCUT2D eigenvalue weighted by molar-refractivity contribution is -0.231. The third-order valence-corrected chi connectivity index (χ3v) is 5.36. The summed E-state index contributed by atoms with van der Waals surface area (Å²) >= 11 is 0. The Balaban J connectivity index is 1.99. The quantitative estimate of drug-likeness (QED) is 0.264. The molecule has 1 aliphatic rings. The molecule has 1 aromatic heterocycles. The zero-order valence-electron chi connectivity index (χ0n) is 16.3. The average molecular weight is 448 g/mol. The molecule has 0 saturated carbocycles. The number of fused-ring (bicyclic) bond motifs is 1. The third kappa shape index (κ3) is 3.51. The van der Waals surface area contributed by atoms with Gasteiger partial charge in [-0.25, -0.2) is 0 Å². The lowest BCUT2D eigenvalue weighted by Gasteiger charge is -2.40. The number of phenolic OH excluding ortho intramolecular Hbond substituents is 4. The highest BCUT2D eigenvalue weighted by Crippen LogP contribution is 2.43. The van der Waals surface area contributed by atoms with Crippen molar-refractivity contribution in [3.63, 3.8) is 0 Å². The number of hydrogen-bond acceptors (Lipinski definition) is 11. The van der Waals surface area contributed by atoms with Crippen LogP contribution in [0, 0.1) is 0 Å². The molecule has 4 rings (SSSR count).